The fourth-order valence-electron chi connectivity index (χ4n) is 1.65. The Morgan fingerprint density at radius 2 is 2.28 bits per heavy atom. The lowest BCUT2D eigenvalue weighted by atomic mass is 10.1. The Labute approximate surface area is 104 Å². The Morgan fingerprint density at radius 3 is 2.94 bits per heavy atom. The number of aryl methyl sites for hydroxylation is 1. The summed E-state index contributed by atoms with van der Waals surface area (Å²) in [4.78, 5) is 15.7. The minimum atomic E-state index is -0.277. The molecule has 0 spiro atoms. The third-order valence-electron chi connectivity index (χ3n) is 2.95. The minimum absolute atomic E-state index is 0.0599. The second-order valence-corrected chi connectivity index (χ2v) is 4.70. The second-order valence-electron chi connectivity index (χ2n) is 4.70. The maximum atomic E-state index is 11.4. The maximum Gasteiger partial charge on any atom is 0.349 e. The van der Waals surface area contributed by atoms with E-state index in [1.807, 2.05) is 0 Å². The van der Waals surface area contributed by atoms with Crippen LogP contribution in [0.15, 0.2) is 10.9 Å². The van der Waals surface area contributed by atoms with E-state index in [1.54, 1.807) is 13.0 Å². The zero-order valence-corrected chi connectivity index (χ0v) is 10.8. The largest absolute Gasteiger partial charge is 0.368 e. The van der Waals surface area contributed by atoms with Crippen LogP contribution in [0.1, 0.15) is 19.7 Å². The average Bonchev–Trinajstić information content (AvgIpc) is 2.68. The van der Waals surface area contributed by atoms with Crippen LogP contribution in [0.3, 0.4) is 0 Å². The van der Waals surface area contributed by atoms with Crippen molar-refractivity contribution < 1.29 is 0 Å². The van der Waals surface area contributed by atoms with E-state index in [9.17, 15) is 4.79 Å². The van der Waals surface area contributed by atoms with Crippen LogP contribution in [0.25, 0.3) is 5.65 Å². The molecule has 7 nitrogen and oxygen atoms in total. The number of nitrogens with zero attached hydrogens (tertiary/aromatic N) is 3. The van der Waals surface area contributed by atoms with Crippen molar-refractivity contribution in [1.82, 2.24) is 19.6 Å². The molecule has 0 aliphatic rings. The van der Waals surface area contributed by atoms with Gasteiger partial charge in [-0.05, 0) is 12.8 Å². The van der Waals surface area contributed by atoms with E-state index in [2.05, 4.69) is 34.3 Å². The van der Waals surface area contributed by atoms with Crippen LogP contribution in [0.2, 0.25) is 0 Å². The van der Waals surface area contributed by atoms with Crippen LogP contribution < -0.4 is 16.7 Å². The lowest BCUT2D eigenvalue weighted by molar-refractivity contribution is 0.511. The van der Waals surface area contributed by atoms with Crippen LogP contribution in [-0.4, -0.2) is 32.2 Å². The second kappa shape index (κ2) is 4.77. The first-order valence-electron chi connectivity index (χ1n) is 5.93. The minimum Gasteiger partial charge on any atom is -0.368 e. The van der Waals surface area contributed by atoms with Gasteiger partial charge in [0.25, 0.3) is 0 Å². The molecule has 0 amide bonds. The van der Waals surface area contributed by atoms with Crippen LogP contribution >= 0.6 is 0 Å². The number of nitrogens with one attached hydrogen (secondary N) is 2. The zero-order chi connectivity index (χ0) is 13.3. The van der Waals surface area contributed by atoms with Crippen molar-refractivity contribution in [1.29, 1.82) is 0 Å². The van der Waals surface area contributed by atoms with Gasteiger partial charge >= 0.3 is 5.69 Å². The molecule has 18 heavy (non-hydrogen) atoms. The van der Waals surface area contributed by atoms with Crippen molar-refractivity contribution in [3.63, 3.8) is 0 Å². The molecule has 98 valence electrons. The predicted octanol–water partition coefficient (Wildman–Crippen LogP) is 0.121. The molecule has 0 fully saturated rings. The van der Waals surface area contributed by atoms with Gasteiger partial charge in [-0.25, -0.2) is 19.3 Å². The third kappa shape index (κ3) is 2.35. The van der Waals surface area contributed by atoms with E-state index in [0.29, 0.717) is 29.8 Å². The van der Waals surface area contributed by atoms with Crippen LogP contribution in [-0.2, 0) is 0 Å². The standard InChI is InChI=1S/C11H18N6O/c1-6(2)8(12)5-13-9-4-10-15-16-11(18)17(10)7(3)14-9/h4,6,8,13H,5,12H2,1-3H3,(H,16,18). The van der Waals surface area contributed by atoms with Gasteiger partial charge in [-0.15, -0.1) is 0 Å². The van der Waals surface area contributed by atoms with E-state index in [0.717, 1.165) is 0 Å². The highest BCUT2D eigenvalue weighted by molar-refractivity contribution is 5.49. The fraction of sp³-hybridized carbons (Fsp3) is 0.545. The predicted molar refractivity (Wildman–Crippen MR) is 69.6 cm³/mol. The molecule has 1 atom stereocenters. The molecule has 0 radical (unpaired) electrons. The first kappa shape index (κ1) is 12.6. The summed E-state index contributed by atoms with van der Waals surface area (Å²) in [5.74, 6) is 1.66. The van der Waals surface area contributed by atoms with Gasteiger partial charge in [0.05, 0.1) is 0 Å². The monoisotopic (exact) mass is 250 g/mol. The van der Waals surface area contributed by atoms with Gasteiger partial charge in [0.2, 0.25) is 0 Å². The quantitative estimate of drug-likeness (QED) is 0.715. The average molecular weight is 250 g/mol. The number of nitrogens with two attached hydrogens (primary N) is 1. The molecule has 4 N–H and O–H groups in total. The number of fused-ring (bicyclic) bond motifs is 1. The summed E-state index contributed by atoms with van der Waals surface area (Å²) >= 11 is 0. The summed E-state index contributed by atoms with van der Waals surface area (Å²) in [5.41, 5.74) is 6.22. The Hall–Kier alpha value is -1.89. The summed E-state index contributed by atoms with van der Waals surface area (Å²) in [7, 11) is 0. The fourth-order valence-corrected chi connectivity index (χ4v) is 1.65. The Morgan fingerprint density at radius 1 is 1.56 bits per heavy atom. The van der Waals surface area contributed by atoms with E-state index < -0.39 is 0 Å². The van der Waals surface area contributed by atoms with E-state index in [4.69, 9.17) is 5.73 Å². The Balaban J connectivity index is 2.22. The van der Waals surface area contributed by atoms with Crippen molar-refractivity contribution in [2.75, 3.05) is 11.9 Å². The Bertz CT molecular complexity index is 599. The molecule has 0 aromatic carbocycles. The van der Waals surface area contributed by atoms with Crippen molar-refractivity contribution in [3.05, 3.63) is 22.4 Å². The molecule has 1 unspecified atom stereocenters. The molecule has 2 aromatic heterocycles. The van der Waals surface area contributed by atoms with Crippen molar-refractivity contribution in [2.45, 2.75) is 26.8 Å². The molecule has 2 aromatic rings. The number of aromatic amines is 1. The molecule has 2 rings (SSSR count). The summed E-state index contributed by atoms with van der Waals surface area (Å²) in [6.07, 6.45) is 0. The summed E-state index contributed by atoms with van der Waals surface area (Å²) in [5, 5.41) is 9.47. The first-order valence-corrected chi connectivity index (χ1v) is 5.93. The molecule has 0 saturated heterocycles. The van der Waals surface area contributed by atoms with E-state index in [-0.39, 0.29) is 11.7 Å². The van der Waals surface area contributed by atoms with Crippen molar-refractivity contribution in [2.24, 2.45) is 11.7 Å². The van der Waals surface area contributed by atoms with Gasteiger partial charge in [-0.3, -0.25) is 0 Å². The van der Waals surface area contributed by atoms with Gasteiger partial charge in [0, 0.05) is 18.7 Å². The summed E-state index contributed by atoms with van der Waals surface area (Å²) in [6, 6.07) is 1.78. The topological polar surface area (TPSA) is 101 Å². The molecule has 0 bridgehead atoms. The lowest BCUT2D eigenvalue weighted by Gasteiger charge is -2.16. The SMILES string of the molecule is Cc1nc(NCC(N)C(C)C)cc2n[nH]c(=O)n12. The molecule has 0 aliphatic carbocycles. The number of hydrogen-bond donors (Lipinski definition) is 3. The smallest absolute Gasteiger partial charge is 0.349 e. The first-order chi connectivity index (χ1) is 8.49. The number of rotatable bonds is 4. The highest BCUT2D eigenvalue weighted by Gasteiger charge is 2.10. The molecular formula is C11H18N6O. The van der Waals surface area contributed by atoms with Gasteiger partial charge in [0.1, 0.15) is 11.6 Å². The van der Waals surface area contributed by atoms with Gasteiger partial charge in [0.15, 0.2) is 5.65 Å². The number of anilines is 1. The number of hydrogen-bond acceptors (Lipinski definition) is 5. The van der Waals surface area contributed by atoms with Crippen LogP contribution in [0.5, 0.6) is 0 Å². The normalized spacial score (nSPS) is 13.2. The highest BCUT2D eigenvalue weighted by atomic mass is 16.1. The van der Waals surface area contributed by atoms with Crippen molar-refractivity contribution >= 4 is 11.5 Å². The highest BCUT2D eigenvalue weighted by Crippen LogP contribution is 2.08. The zero-order valence-electron chi connectivity index (χ0n) is 10.8. The number of H-pyrrole nitrogens is 1. The number of aromatic nitrogens is 4. The molecule has 2 heterocycles. The molecular weight excluding hydrogens is 232 g/mol. The van der Waals surface area contributed by atoms with Crippen LogP contribution in [0.4, 0.5) is 5.82 Å². The Kier molecular flexibility index (Phi) is 3.33. The lowest BCUT2D eigenvalue weighted by Crippen LogP contribution is -2.34. The van der Waals surface area contributed by atoms with E-state index in [1.165, 1.54) is 4.40 Å². The van der Waals surface area contributed by atoms with E-state index >= 15 is 0 Å². The summed E-state index contributed by atoms with van der Waals surface area (Å²) < 4.78 is 1.42. The molecule has 7 heteroatoms. The molecule has 0 saturated carbocycles. The van der Waals surface area contributed by atoms with Crippen molar-refractivity contribution in [3.8, 4) is 0 Å². The molecule has 0 aliphatic heterocycles. The third-order valence-corrected chi connectivity index (χ3v) is 2.95. The van der Waals surface area contributed by atoms with Gasteiger partial charge in [-0.1, -0.05) is 13.8 Å². The maximum absolute atomic E-state index is 11.4. The summed E-state index contributed by atoms with van der Waals surface area (Å²) in [6.45, 7) is 6.54. The van der Waals surface area contributed by atoms with Gasteiger partial charge in [-0.2, -0.15) is 5.10 Å². The van der Waals surface area contributed by atoms with Gasteiger partial charge < -0.3 is 11.1 Å². The van der Waals surface area contributed by atoms with Crippen LogP contribution in [0, 0.1) is 12.8 Å².